The molecule has 0 atom stereocenters. The standard InChI is InChI=1S/C13H18N6O/c1-2-8-20-13-17-11(16-12(18-13)19-14)15-9-10-6-4-3-5-7-10/h3-7H,2,8-9,14H2,1H3,(H2,15,16,17,18,19). The van der Waals surface area contributed by atoms with Crippen molar-refractivity contribution in [3.8, 4) is 6.01 Å². The van der Waals surface area contributed by atoms with Gasteiger partial charge in [-0.05, 0) is 12.0 Å². The predicted molar refractivity (Wildman–Crippen MR) is 77.2 cm³/mol. The van der Waals surface area contributed by atoms with Crippen molar-refractivity contribution in [2.24, 2.45) is 5.84 Å². The number of nitrogens with two attached hydrogens (primary N) is 1. The number of nitrogen functional groups attached to an aromatic ring is 1. The second-order valence-corrected chi connectivity index (χ2v) is 4.10. The van der Waals surface area contributed by atoms with E-state index in [1.165, 1.54) is 0 Å². The highest BCUT2D eigenvalue weighted by molar-refractivity contribution is 5.35. The van der Waals surface area contributed by atoms with Gasteiger partial charge in [0.05, 0.1) is 6.61 Å². The van der Waals surface area contributed by atoms with Crippen molar-refractivity contribution in [3.05, 3.63) is 35.9 Å². The molecule has 1 heterocycles. The molecule has 0 aliphatic heterocycles. The first-order valence-electron chi connectivity index (χ1n) is 6.45. The van der Waals surface area contributed by atoms with Crippen molar-refractivity contribution in [1.29, 1.82) is 0 Å². The van der Waals surface area contributed by atoms with Gasteiger partial charge in [0.25, 0.3) is 0 Å². The summed E-state index contributed by atoms with van der Waals surface area (Å²) in [6, 6.07) is 10.2. The molecule has 0 radical (unpaired) electrons. The summed E-state index contributed by atoms with van der Waals surface area (Å²) < 4.78 is 5.39. The zero-order valence-electron chi connectivity index (χ0n) is 11.3. The fourth-order valence-electron chi connectivity index (χ4n) is 1.53. The summed E-state index contributed by atoms with van der Waals surface area (Å²) in [6.07, 6.45) is 0.879. The molecule has 0 aliphatic carbocycles. The Morgan fingerprint density at radius 3 is 2.55 bits per heavy atom. The molecule has 0 unspecified atom stereocenters. The Bertz CT molecular complexity index is 534. The number of hydrazine groups is 1. The highest BCUT2D eigenvalue weighted by atomic mass is 16.5. The monoisotopic (exact) mass is 274 g/mol. The lowest BCUT2D eigenvalue weighted by atomic mass is 10.2. The van der Waals surface area contributed by atoms with E-state index in [4.69, 9.17) is 10.6 Å². The maximum absolute atomic E-state index is 5.39. The van der Waals surface area contributed by atoms with Gasteiger partial charge in [0, 0.05) is 6.54 Å². The number of ether oxygens (including phenoxy) is 1. The number of aromatic nitrogens is 3. The first-order valence-corrected chi connectivity index (χ1v) is 6.45. The molecule has 20 heavy (non-hydrogen) atoms. The van der Waals surface area contributed by atoms with Crippen LogP contribution < -0.4 is 21.3 Å². The van der Waals surface area contributed by atoms with Crippen LogP contribution in [0.2, 0.25) is 0 Å². The van der Waals surface area contributed by atoms with Gasteiger partial charge in [0.1, 0.15) is 0 Å². The normalized spacial score (nSPS) is 10.1. The molecule has 106 valence electrons. The van der Waals surface area contributed by atoms with Gasteiger partial charge < -0.3 is 10.1 Å². The number of rotatable bonds is 7. The van der Waals surface area contributed by atoms with Gasteiger partial charge in [-0.1, -0.05) is 37.3 Å². The molecule has 4 N–H and O–H groups in total. The molecule has 0 spiro atoms. The zero-order chi connectivity index (χ0) is 14.2. The lowest BCUT2D eigenvalue weighted by molar-refractivity contribution is 0.292. The second-order valence-electron chi connectivity index (χ2n) is 4.10. The van der Waals surface area contributed by atoms with Crippen LogP contribution in [0.25, 0.3) is 0 Å². The first kappa shape index (κ1) is 14.0. The van der Waals surface area contributed by atoms with Crippen LogP contribution in [0.15, 0.2) is 30.3 Å². The molecule has 1 aromatic carbocycles. The molecular weight excluding hydrogens is 256 g/mol. The molecule has 0 aliphatic rings. The number of hydrogen-bond acceptors (Lipinski definition) is 7. The van der Waals surface area contributed by atoms with E-state index in [0.717, 1.165) is 12.0 Å². The second kappa shape index (κ2) is 7.25. The molecule has 7 nitrogen and oxygen atoms in total. The Labute approximate surface area is 117 Å². The third-order valence-corrected chi connectivity index (χ3v) is 2.47. The van der Waals surface area contributed by atoms with Gasteiger partial charge in [-0.2, -0.15) is 15.0 Å². The molecule has 2 rings (SSSR count). The third kappa shape index (κ3) is 4.06. The molecule has 0 bridgehead atoms. The highest BCUT2D eigenvalue weighted by Crippen LogP contribution is 2.11. The van der Waals surface area contributed by atoms with E-state index >= 15 is 0 Å². The van der Waals surface area contributed by atoms with E-state index in [-0.39, 0.29) is 12.0 Å². The molecule has 2 aromatic rings. The van der Waals surface area contributed by atoms with Gasteiger partial charge in [0.15, 0.2) is 0 Å². The Morgan fingerprint density at radius 1 is 1.10 bits per heavy atom. The molecule has 0 saturated heterocycles. The van der Waals surface area contributed by atoms with Gasteiger partial charge in [0.2, 0.25) is 11.9 Å². The van der Waals surface area contributed by atoms with E-state index in [2.05, 4.69) is 25.7 Å². The maximum Gasteiger partial charge on any atom is 0.323 e. The quantitative estimate of drug-likeness (QED) is 0.520. The van der Waals surface area contributed by atoms with Gasteiger partial charge in [-0.25, -0.2) is 5.84 Å². The number of anilines is 2. The lowest BCUT2D eigenvalue weighted by Gasteiger charge is -2.09. The number of hydrogen-bond donors (Lipinski definition) is 3. The van der Waals surface area contributed by atoms with E-state index in [9.17, 15) is 0 Å². The Morgan fingerprint density at radius 2 is 1.85 bits per heavy atom. The molecule has 0 fully saturated rings. The minimum Gasteiger partial charge on any atom is -0.463 e. The maximum atomic E-state index is 5.39. The van der Waals surface area contributed by atoms with Gasteiger partial charge in [-0.15, -0.1) is 0 Å². The smallest absolute Gasteiger partial charge is 0.323 e. The van der Waals surface area contributed by atoms with E-state index in [1.54, 1.807) is 0 Å². The largest absolute Gasteiger partial charge is 0.463 e. The SMILES string of the molecule is CCCOc1nc(NN)nc(NCc2ccccc2)n1. The summed E-state index contributed by atoms with van der Waals surface area (Å²) in [5.41, 5.74) is 3.53. The topological polar surface area (TPSA) is 98.0 Å². The zero-order valence-corrected chi connectivity index (χ0v) is 11.3. The van der Waals surface area contributed by atoms with Crippen molar-refractivity contribution in [2.75, 3.05) is 17.3 Å². The molecule has 1 aromatic heterocycles. The predicted octanol–water partition coefficient (Wildman–Crippen LogP) is 1.56. The van der Waals surface area contributed by atoms with Crippen LogP contribution in [0.4, 0.5) is 11.9 Å². The van der Waals surface area contributed by atoms with Crippen LogP contribution in [-0.2, 0) is 6.54 Å². The van der Waals surface area contributed by atoms with E-state index in [0.29, 0.717) is 19.1 Å². The van der Waals surface area contributed by atoms with Crippen LogP contribution >= 0.6 is 0 Å². The Kier molecular flexibility index (Phi) is 5.08. The summed E-state index contributed by atoms with van der Waals surface area (Å²) in [5, 5.41) is 3.11. The van der Waals surface area contributed by atoms with Crippen molar-refractivity contribution in [2.45, 2.75) is 19.9 Å². The van der Waals surface area contributed by atoms with E-state index in [1.807, 2.05) is 37.3 Å². The average Bonchev–Trinajstić information content (AvgIpc) is 2.51. The third-order valence-electron chi connectivity index (χ3n) is 2.47. The Balaban J connectivity index is 2.06. The fourth-order valence-corrected chi connectivity index (χ4v) is 1.53. The average molecular weight is 274 g/mol. The summed E-state index contributed by atoms with van der Waals surface area (Å²) in [5.74, 6) is 6.02. The number of nitrogens with zero attached hydrogens (tertiary/aromatic N) is 3. The highest BCUT2D eigenvalue weighted by Gasteiger charge is 2.06. The van der Waals surface area contributed by atoms with Gasteiger partial charge >= 0.3 is 6.01 Å². The van der Waals surface area contributed by atoms with Crippen LogP contribution in [0, 0.1) is 0 Å². The van der Waals surface area contributed by atoms with Gasteiger partial charge in [-0.3, -0.25) is 5.43 Å². The number of nitrogens with one attached hydrogen (secondary N) is 2. The minimum absolute atomic E-state index is 0.255. The minimum atomic E-state index is 0.255. The molecule has 0 amide bonds. The van der Waals surface area contributed by atoms with Crippen molar-refractivity contribution in [1.82, 2.24) is 15.0 Å². The summed E-state index contributed by atoms with van der Waals surface area (Å²) in [4.78, 5) is 12.3. The van der Waals surface area contributed by atoms with Crippen molar-refractivity contribution < 1.29 is 4.74 Å². The van der Waals surface area contributed by atoms with Crippen molar-refractivity contribution in [3.63, 3.8) is 0 Å². The lowest BCUT2D eigenvalue weighted by Crippen LogP contribution is -2.14. The molecule has 0 saturated carbocycles. The summed E-state index contributed by atoms with van der Waals surface area (Å²) >= 11 is 0. The Hall–Kier alpha value is -2.41. The van der Waals surface area contributed by atoms with Crippen LogP contribution in [-0.4, -0.2) is 21.6 Å². The van der Waals surface area contributed by atoms with Crippen molar-refractivity contribution >= 4 is 11.9 Å². The van der Waals surface area contributed by atoms with Crippen LogP contribution in [0.1, 0.15) is 18.9 Å². The summed E-state index contributed by atoms with van der Waals surface area (Å²) in [7, 11) is 0. The summed E-state index contributed by atoms with van der Waals surface area (Å²) in [6.45, 7) is 3.17. The number of benzene rings is 1. The molecule has 7 heteroatoms. The molecular formula is C13H18N6O. The first-order chi connectivity index (χ1) is 9.81. The fraction of sp³-hybridized carbons (Fsp3) is 0.308. The van der Waals surface area contributed by atoms with Crippen LogP contribution in [0.5, 0.6) is 6.01 Å². The van der Waals surface area contributed by atoms with Crippen LogP contribution in [0.3, 0.4) is 0 Å². The van der Waals surface area contributed by atoms with E-state index < -0.39 is 0 Å².